The van der Waals surface area contributed by atoms with Crippen LogP contribution in [0.3, 0.4) is 0 Å². The van der Waals surface area contributed by atoms with Crippen molar-refractivity contribution in [1.82, 2.24) is 10.6 Å². The minimum atomic E-state index is 0.797. The van der Waals surface area contributed by atoms with Crippen molar-refractivity contribution in [3.05, 3.63) is 47.5 Å². The zero-order valence-corrected chi connectivity index (χ0v) is 13.5. The fourth-order valence-corrected chi connectivity index (χ4v) is 2.43. The van der Waals surface area contributed by atoms with Crippen LogP contribution in [0.5, 0.6) is 0 Å². The summed E-state index contributed by atoms with van der Waals surface area (Å²) in [6.45, 7) is 9.68. The van der Waals surface area contributed by atoms with E-state index in [2.05, 4.69) is 54.3 Å². The molecule has 4 heteroatoms. The summed E-state index contributed by atoms with van der Waals surface area (Å²) in [5.74, 6) is 2.90. The summed E-state index contributed by atoms with van der Waals surface area (Å²) >= 11 is 1.86. The molecule has 3 nitrogen and oxygen atoms in total. The molecule has 0 heterocycles. The maximum Gasteiger partial charge on any atom is 0.191 e. The van der Waals surface area contributed by atoms with E-state index >= 15 is 0 Å². The summed E-state index contributed by atoms with van der Waals surface area (Å²) in [6.07, 6.45) is 1.93. The maximum absolute atomic E-state index is 4.23. The Hall–Kier alpha value is -1.42. The largest absolute Gasteiger partial charge is 0.356 e. The molecule has 0 aliphatic heterocycles. The van der Waals surface area contributed by atoms with Crippen molar-refractivity contribution in [3.63, 3.8) is 0 Å². The lowest BCUT2D eigenvalue weighted by atomic mass is 10.1. The number of benzene rings is 1. The molecule has 20 heavy (non-hydrogen) atoms. The second-order valence-electron chi connectivity index (χ2n) is 4.65. The Morgan fingerprint density at radius 3 is 2.80 bits per heavy atom. The Bertz CT molecular complexity index is 455. The van der Waals surface area contributed by atoms with Crippen molar-refractivity contribution in [2.45, 2.75) is 20.4 Å². The fourth-order valence-electron chi connectivity index (χ4n) is 1.85. The Morgan fingerprint density at radius 2 is 2.15 bits per heavy atom. The van der Waals surface area contributed by atoms with Crippen molar-refractivity contribution in [2.75, 3.05) is 25.1 Å². The lowest BCUT2D eigenvalue weighted by molar-refractivity contribution is 0.828. The Balaban J connectivity index is 2.36. The molecule has 0 aliphatic carbocycles. The van der Waals surface area contributed by atoms with Gasteiger partial charge in [-0.1, -0.05) is 29.8 Å². The van der Waals surface area contributed by atoms with E-state index in [4.69, 9.17) is 0 Å². The molecule has 0 aromatic heterocycles. The Morgan fingerprint density at radius 1 is 1.35 bits per heavy atom. The molecule has 1 aromatic rings. The molecule has 0 spiro atoms. The molecule has 0 fully saturated rings. The lowest BCUT2D eigenvalue weighted by Gasteiger charge is -2.13. The van der Waals surface area contributed by atoms with E-state index in [1.165, 1.54) is 16.7 Å². The third kappa shape index (κ3) is 6.15. The van der Waals surface area contributed by atoms with Crippen LogP contribution in [0.15, 0.2) is 35.8 Å². The Labute approximate surface area is 127 Å². The number of thioether (sulfide) groups is 1. The van der Waals surface area contributed by atoms with E-state index in [0.29, 0.717) is 0 Å². The molecule has 1 rings (SSSR count). The molecular weight excluding hydrogens is 266 g/mol. The first-order valence-electron chi connectivity index (χ1n) is 6.86. The highest BCUT2D eigenvalue weighted by atomic mass is 32.2. The molecule has 0 radical (unpaired) electrons. The van der Waals surface area contributed by atoms with Gasteiger partial charge in [0.25, 0.3) is 0 Å². The summed E-state index contributed by atoms with van der Waals surface area (Å²) in [5.41, 5.74) is 3.92. The molecule has 0 saturated heterocycles. The molecule has 2 N–H and O–H groups in total. The molecule has 0 saturated carbocycles. The van der Waals surface area contributed by atoms with E-state index in [-0.39, 0.29) is 0 Å². The monoisotopic (exact) mass is 291 g/mol. The van der Waals surface area contributed by atoms with Crippen LogP contribution in [-0.2, 0) is 6.54 Å². The van der Waals surface area contributed by atoms with Crippen LogP contribution in [0.1, 0.15) is 16.7 Å². The number of aliphatic imine (C=N–C) groups is 1. The first-order valence-corrected chi connectivity index (χ1v) is 8.02. The van der Waals surface area contributed by atoms with Crippen LogP contribution < -0.4 is 10.6 Å². The van der Waals surface area contributed by atoms with Gasteiger partial charge < -0.3 is 10.6 Å². The molecule has 1 aromatic carbocycles. The zero-order chi connectivity index (χ0) is 14.8. The summed E-state index contributed by atoms with van der Waals surface area (Å²) < 4.78 is 0. The van der Waals surface area contributed by atoms with E-state index in [1.54, 1.807) is 7.05 Å². The molecule has 0 amide bonds. The molecular formula is C16H25N3S. The van der Waals surface area contributed by atoms with E-state index in [1.807, 2.05) is 17.8 Å². The van der Waals surface area contributed by atoms with Crippen LogP contribution in [-0.4, -0.2) is 31.1 Å². The highest BCUT2D eigenvalue weighted by molar-refractivity contribution is 7.99. The number of nitrogens with zero attached hydrogens (tertiary/aromatic N) is 1. The molecule has 110 valence electrons. The number of aryl methyl sites for hydroxylation is 2. The lowest BCUT2D eigenvalue weighted by Crippen LogP contribution is -2.38. The fraction of sp³-hybridized carbons (Fsp3) is 0.438. The molecule has 0 unspecified atom stereocenters. The van der Waals surface area contributed by atoms with Gasteiger partial charge in [0.1, 0.15) is 0 Å². The van der Waals surface area contributed by atoms with Crippen LogP contribution in [0.4, 0.5) is 0 Å². The van der Waals surface area contributed by atoms with E-state index in [0.717, 1.165) is 30.6 Å². The number of rotatable bonds is 7. The molecule has 0 bridgehead atoms. The third-order valence-electron chi connectivity index (χ3n) is 2.94. The van der Waals surface area contributed by atoms with Crippen molar-refractivity contribution < 1.29 is 0 Å². The zero-order valence-electron chi connectivity index (χ0n) is 12.7. The Kier molecular flexibility index (Phi) is 7.88. The van der Waals surface area contributed by atoms with Gasteiger partial charge in [0.05, 0.1) is 0 Å². The van der Waals surface area contributed by atoms with Gasteiger partial charge in [-0.05, 0) is 25.0 Å². The molecule has 0 aliphatic rings. The summed E-state index contributed by atoms with van der Waals surface area (Å²) in [5, 5.41) is 6.66. The SMILES string of the molecule is C=CCSCCNC(=NC)NCc1ccc(C)cc1C. The standard InChI is InChI=1S/C16H25N3S/c1-5-9-20-10-8-18-16(17-4)19-12-15-7-6-13(2)11-14(15)3/h5-7,11H,1,8-10,12H2,2-4H3,(H2,17,18,19). The van der Waals surface area contributed by atoms with Crippen LogP contribution in [0.2, 0.25) is 0 Å². The highest BCUT2D eigenvalue weighted by Gasteiger charge is 2.01. The van der Waals surface area contributed by atoms with E-state index in [9.17, 15) is 0 Å². The topological polar surface area (TPSA) is 36.4 Å². The average Bonchev–Trinajstić information content (AvgIpc) is 2.43. The number of hydrogen-bond acceptors (Lipinski definition) is 2. The van der Waals surface area contributed by atoms with Gasteiger partial charge in [-0.2, -0.15) is 11.8 Å². The minimum absolute atomic E-state index is 0.797. The van der Waals surface area contributed by atoms with Gasteiger partial charge >= 0.3 is 0 Å². The first-order chi connectivity index (χ1) is 9.67. The highest BCUT2D eigenvalue weighted by Crippen LogP contribution is 2.09. The number of guanidine groups is 1. The van der Waals surface area contributed by atoms with Crippen molar-refractivity contribution in [3.8, 4) is 0 Å². The maximum atomic E-state index is 4.23. The van der Waals surface area contributed by atoms with Crippen molar-refractivity contribution >= 4 is 17.7 Å². The number of nitrogens with one attached hydrogen (secondary N) is 2. The predicted octanol–water partition coefficient (Wildman–Crippen LogP) is 2.89. The van der Waals surface area contributed by atoms with E-state index < -0.39 is 0 Å². The van der Waals surface area contributed by atoms with Gasteiger partial charge in [-0.15, -0.1) is 6.58 Å². The van der Waals surface area contributed by atoms with Crippen molar-refractivity contribution in [2.24, 2.45) is 4.99 Å². The smallest absolute Gasteiger partial charge is 0.191 e. The van der Waals surface area contributed by atoms with Gasteiger partial charge in [0.15, 0.2) is 5.96 Å². The van der Waals surface area contributed by atoms with Gasteiger partial charge in [0.2, 0.25) is 0 Å². The summed E-state index contributed by atoms with van der Waals surface area (Å²) in [6, 6.07) is 6.52. The van der Waals surface area contributed by atoms with Crippen LogP contribution in [0, 0.1) is 13.8 Å². The minimum Gasteiger partial charge on any atom is -0.356 e. The van der Waals surface area contributed by atoms with Gasteiger partial charge in [-0.25, -0.2) is 0 Å². The van der Waals surface area contributed by atoms with Crippen LogP contribution >= 0.6 is 11.8 Å². The average molecular weight is 291 g/mol. The second kappa shape index (κ2) is 9.48. The predicted molar refractivity (Wildman–Crippen MR) is 91.6 cm³/mol. The van der Waals surface area contributed by atoms with Crippen molar-refractivity contribution in [1.29, 1.82) is 0 Å². The number of hydrogen-bond donors (Lipinski definition) is 2. The molecule has 0 atom stereocenters. The van der Waals surface area contributed by atoms with Crippen LogP contribution in [0.25, 0.3) is 0 Å². The van der Waals surface area contributed by atoms with Gasteiger partial charge in [-0.3, -0.25) is 4.99 Å². The summed E-state index contributed by atoms with van der Waals surface area (Å²) in [4.78, 5) is 4.23. The quantitative estimate of drug-likeness (QED) is 0.351. The second-order valence-corrected chi connectivity index (χ2v) is 5.80. The normalized spacial score (nSPS) is 11.2. The third-order valence-corrected chi connectivity index (χ3v) is 3.91. The summed E-state index contributed by atoms with van der Waals surface area (Å²) in [7, 11) is 1.80. The van der Waals surface area contributed by atoms with Gasteiger partial charge in [0, 0.05) is 31.6 Å². The first kappa shape index (κ1) is 16.6.